The van der Waals surface area contributed by atoms with E-state index in [1.807, 2.05) is 0 Å². The van der Waals surface area contributed by atoms with Gasteiger partial charge < -0.3 is 40.9 Å². The zero-order valence-electron chi connectivity index (χ0n) is 15.0. The summed E-state index contributed by atoms with van der Waals surface area (Å²) in [6.07, 6.45) is -4.84. The third-order valence-electron chi connectivity index (χ3n) is 4.23. The number of hydrogen-bond donors (Lipinski definition) is 8. The van der Waals surface area contributed by atoms with Gasteiger partial charge >= 0.3 is 0 Å². The molecule has 0 aromatic heterocycles. The van der Waals surface area contributed by atoms with E-state index in [-0.39, 0.29) is 11.8 Å². The Bertz CT molecular complexity index is 825. The molecule has 4 unspecified atom stereocenters. The molecule has 0 amide bonds. The summed E-state index contributed by atoms with van der Waals surface area (Å²) in [7, 11) is -8.94. The van der Waals surface area contributed by atoms with Gasteiger partial charge in [0.15, 0.2) is 9.84 Å². The maximum Gasteiger partial charge on any atom is 0.216 e. The Morgan fingerprint density at radius 2 is 1.68 bits per heavy atom. The van der Waals surface area contributed by atoms with Crippen LogP contribution in [0.15, 0.2) is 9.81 Å². The molecule has 0 radical (unpaired) electrons. The van der Waals surface area contributed by atoms with E-state index in [1.165, 1.54) is 0 Å². The van der Waals surface area contributed by atoms with Crippen molar-refractivity contribution in [1.82, 2.24) is 0 Å². The molecular formula is C13H24O12S3. The van der Waals surface area contributed by atoms with Gasteiger partial charge in [0, 0.05) is 18.6 Å². The van der Waals surface area contributed by atoms with Crippen molar-refractivity contribution < 1.29 is 57.7 Å². The van der Waals surface area contributed by atoms with E-state index in [0.29, 0.717) is 0 Å². The summed E-state index contributed by atoms with van der Waals surface area (Å²) in [5.41, 5.74) is -3.40. The zero-order chi connectivity index (χ0) is 22.5. The van der Waals surface area contributed by atoms with Crippen LogP contribution in [0.25, 0.3) is 0 Å². The van der Waals surface area contributed by atoms with E-state index in [4.69, 9.17) is 10.2 Å². The second kappa shape index (κ2) is 8.07. The van der Waals surface area contributed by atoms with Crippen LogP contribution >= 0.6 is 11.8 Å². The summed E-state index contributed by atoms with van der Waals surface area (Å²) >= 11 is 0.122. The van der Waals surface area contributed by atoms with Gasteiger partial charge in [-0.25, -0.2) is 16.8 Å². The standard InChI is InChI=1S/C13H24O12S3/c1-5-7(4-12(18,19)10(15)16)13(20,21)11(17)28(24,25)8(5)26-9(6(2)14)27(3,22)23/h6-7,9-11,14-21H,4H2,1-3H3. The van der Waals surface area contributed by atoms with Crippen molar-refractivity contribution in [3.8, 4) is 0 Å². The van der Waals surface area contributed by atoms with Crippen molar-refractivity contribution in [1.29, 1.82) is 0 Å². The van der Waals surface area contributed by atoms with E-state index in [9.17, 15) is 47.5 Å². The summed E-state index contributed by atoms with van der Waals surface area (Å²) in [5.74, 6) is -8.75. The molecule has 0 aromatic carbocycles. The van der Waals surface area contributed by atoms with Crippen molar-refractivity contribution in [3.05, 3.63) is 9.81 Å². The van der Waals surface area contributed by atoms with Crippen molar-refractivity contribution in [2.24, 2.45) is 5.92 Å². The van der Waals surface area contributed by atoms with Crippen LogP contribution < -0.4 is 0 Å². The summed E-state index contributed by atoms with van der Waals surface area (Å²) in [6.45, 7) is 2.08. The predicted octanol–water partition coefficient (Wildman–Crippen LogP) is -3.87. The van der Waals surface area contributed by atoms with Crippen molar-refractivity contribution in [3.63, 3.8) is 0 Å². The fourth-order valence-electron chi connectivity index (χ4n) is 2.71. The largest absolute Gasteiger partial charge is 0.391 e. The maximum atomic E-state index is 12.5. The molecule has 0 aromatic rings. The summed E-state index contributed by atoms with van der Waals surface area (Å²) in [4.78, 5) is 0. The lowest BCUT2D eigenvalue weighted by atomic mass is 9.85. The van der Waals surface area contributed by atoms with Crippen LogP contribution in [0.2, 0.25) is 0 Å². The minimum Gasteiger partial charge on any atom is -0.391 e. The molecular weight excluding hydrogens is 444 g/mol. The van der Waals surface area contributed by atoms with E-state index in [1.54, 1.807) is 0 Å². The SMILES string of the molecule is CC1=C(SC(C(C)O)S(C)(=O)=O)S(=O)(=O)C(O)C(O)(O)C1CC(O)(O)C(O)O. The first-order chi connectivity index (χ1) is 12.3. The lowest BCUT2D eigenvalue weighted by molar-refractivity contribution is -0.313. The molecule has 166 valence electrons. The fourth-order valence-corrected chi connectivity index (χ4v) is 7.86. The molecule has 1 heterocycles. The number of rotatable bonds is 7. The number of aliphatic hydroxyl groups excluding tert-OH is 3. The van der Waals surface area contributed by atoms with E-state index in [0.717, 1.165) is 20.1 Å². The Balaban J connectivity index is 3.64. The molecule has 0 saturated heterocycles. The van der Waals surface area contributed by atoms with Crippen LogP contribution in [0.4, 0.5) is 0 Å². The van der Waals surface area contributed by atoms with Gasteiger partial charge in [0.05, 0.1) is 6.10 Å². The van der Waals surface area contributed by atoms with Crippen LogP contribution in [0.3, 0.4) is 0 Å². The first kappa shape index (κ1) is 25.7. The first-order valence-electron chi connectivity index (χ1n) is 7.69. The molecule has 0 saturated carbocycles. The number of hydrogen-bond acceptors (Lipinski definition) is 13. The third kappa shape index (κ3) is 4.86. The number of sulfone groups is 2. The number of aliphatic hydroxyl groups is 8. The molecule has 0 fully saturated rings. The quantitative estimate of drug-likeness (QED) is 0.167. The van der Waals surface area contributed by atoms with Crippen LogP contribution in [0.1, 0.15) is 20.3 Å². The minimum atomic E-state index is -4.92. The Kier molecular flexibility index (Phi) is 7.41. The molecule has 4 atom stereocenters. The van der Waals surface area contributed by atoms with Crippen molar-refractivity contribution in [2.45, 2.75) is 54.3 Å². The van der Waals surface area contributed by atoms with Gasteiger partial charge in [-0.1, -0.05) is 11.8 Å². The van der Waals surface area contributed by atoms with Crippen LogP contribution in [-0.4, -0.2) is 97.9 Å². The fraction of sp³-hybridized carbons (Fsp3) is 0.846. The second-order valence-electron chi connectivity index (χ2n) is 6.72. The molecule has 1 rings (SSSR count). The normalized spacial score (nSPS) is 27.7. The average Bonchev–Trinajstić information content (AvgIpc) is 2.48. The van der Waals surface area contributed by atoms with Gasteiger partial charge in [-0.05, 0) is 19.4 Å². The highest BCUT2D eigenvalue weighted by Crippen LogP contribution is 2.48. The Morgan fingerprint density at radius 3 is 2.04 bits per heavy atom. The lowest BCUT2D eigenvalue weighted by Crippen LogP contribution is -2.59. The molecule has 0 spiro atoms. The molecule has 0 aliphatic carbocycles. The Morgan fingerprint density at radius 1 is 1.21 bits per heavy atom. The maximum absolute atomic E-state index is 12.5. The van der Waals surface area contributed by atoms with Crippen LogP contribution in [0.5, 0.6) is 0 Å². The predicted molar refractivity (Wildman–Crippen MR) is 96.2 cm³/mol. The Hall–Kier alpha value is -0.330. The molecule has 28 heavy (non-hydrogen) atoms. The van der Waals surface area contributed by atoms with Gasteiger partial charge in [0.2, 0.25) is 33.1 Å². The smallest absolute Gasteiger partial charge is 0.216 e. The van der Waals surface area contributed by atoms with Gasteiger partial charge in [0.25, 0.3) is 0 Å². The van der Waals surface area contributed by atoms with Crippen molar-refractivity contribution in [2.75, 3.05) is 6.26 Å². The van der Waals surface area contributed by atoms with E-state index in [2.05, 4.69) is 0 Å². The molecule has 0 bridgehead atoms. The molecule has 1 aliphatic heterocycles. The van der Waals surface area contributed by atoms with Crippen LogP contribution in [-0.2, 0) is 19.7 Å². The van der Waals surface area contributed by atoms with Gasteiger partial charge in [-0.3, -0.25) is 0 Å². The van der Waals surface area contributed by atoms with Gasteiger partial charge in [-0.2, -0.15) is 0 Å². The zero-order valence-corrected chi connectivity index (χ0v) is 17.5. The molecule has 8 N–H and O–H groups in total. The van der Waals surface area contributed by atoms with Gasteiger partial charge in [-0.15, -0.1) is 0 Å². The lowest BCUT2D eigenvalue weighted by Gasteiger charge is -2.42. The van der Waals surface area contributed by atoms with Crippen molar-refractivity contribution >= 4 is 31.4 Å². The molecule has 1 aliphatic rings. The topological polar surface area (TPSA) is 230 Å². The van der Waals surface area contributed by atoms with Crippen LogP contribution in [0, 0.1) is 5.92 Å². The second-order valence-corrected chi connectivity index (χ2v) is 12.5. The summed E-state index contributed by atoms with van der Waals surface area (Å²) in [6, 6.07) is 0. The average molecular weight is 469 g/mol. The summed E-state index contributed by atoms with van der Waals surface area (Å²) in [5, 5.41) is 77.2. The highest BCUT2D eigenvalue weighted by molar-refractivity contribution is 8.24. The Labute approximate surface area is 165 Å². The van der Waals surface area contributed by atoms with E-state index < -0.39 is 75.8 Å². The van der Waals surface area contributed by atoms with Gasteiger partial charge in [0.1, 0.15) is 8.82 Å². The van der Waals surface area contributed by atoms with E-state index >= 15 is 0 Å². The summed E-state index contributed by atoms with van der Waals surface area (Å²) < 4.78 is 46.2. The minimum absolute atomic E-state index is 0.122. The number of thioether (sulfide) groups is 1. The molecule has 12 nitrogen and oxygen atoms in total. The highest BCUT2D eigenvalue weighted by Gasteiger charge is 2.58. The highest BCUT2D eigenvalue weighted by atomic mass is 32.3. The third-order valence-corrected chi connectivity index (χ3v) is 10.7. The molecule has 15 heteroatoms. The monoisotopic (exact) mass is 468 g/mol. The first-order valence-corrected chi connectivity index (χ1v) is 12.1.